The third-order valence-electron chi connectivity index (χ3n) is 4.79. The molecule has 0 radical (unpaired) electrons. The molecule has 1 atom stereocenters. The van der Waals surface area contributed by atoms with Crippen LogP contribution in [0.15, 0.2) is 48.5 Å². The number of amides is 3. The van der Waals surface area contributed by atoms with E-state index >= 15 is 0 Å². The molecule has 0 aliphatic heterocycles. The Morgan fingerprint density at radius 3 is 1.97 bits per heavy atom. The minimum atomic E-state index is -5.08. The average Bonchev–Trinajstić information content (AvgIpc) is 2.84. The van der Waals surface area contributed by atoms with E-state index in [-0.39, 0.29) is 11.4 Å². The highest BCUT2D eigenvalue weighted by molar-refractivity contribution is 6.08. The fourth-order valence-corrected chi connectivity index (χ4v) is 2.83. The Kier molecular flexibility index (Phi) is 12.4. The summed E-state index contributed by atoms with van der Waals surface area (Å²) in [6.45, 7) is 2.79. The van der Waals surface area contributed by atoms with Crippen LogP contribution < -0.4 is 16.4 Å². The number of carbonyl (C=O) groups is 4. The number of nitrogens with two attached hydrogens (primary N) is 1. The van der Waals surface area contributed by atoms with Gasteiger partial charge in [-0.3, -0.25) is 20.3 Å². The molecule has 206 valence electrons. The average molecular weight is 540 g/mol. The number of amidine groups is 1. The van der Waals surface area contributed by atoms with Gasteiger partial charge in [-0.25, -0.2) is 9.59 Å². The Morgan fingerprint density at radius 1 is 1.00 bits per heavy atom. The number of nitrogens with one attached hydrogen (secondary N) is 3. The van der Waals surface area contributed by atoms with Gasteiger partial charge in [0.05, 0.1) is 5.92 Å². The molecule has 0 heterocycles. The summed E-state index contributed by atoms with van der Waals surface area (Å²) < 4.78 is 37.0. The van der Waals surface area contributed by atoms with Crippen molar-refractivity contribution in [1.29, 1.82) is 5.41 Å². The molecule has 2 rings (SSSR count). The van der Waals surface area contributed by atoms with Gasteiger partial charge in [0.2, 0.25) is 0 Å². The minimum Gasteiger partial charge on any atom is -0.481 e. The van der Waals surface area contributed by atoms with Crippen molar-refractivity contribution in [3.05, 3.63) is 65.2 Å². The molecule has 0 aromatic heterocycles. The first-order chi connectivity index (χ1) is 17.7. The Labute approximate surface area is 215 Å². The molecule has 0 saturated heterocycles. The van der Waals surface area contributed by atoms with Crippen molar-refractivity contribution in [3.8, 4) is 0 Å². The molecule has 0 bridgehead atoms. The molecule has 7 N–H and O–H groups in total. The van der Waals surface area contributed by atoms with Crippen molar-refractivity contribution in [2.45, 2.75) is 25.9 Å². The van der Waals surface area contributed by atoms with Gasteiger partial charge >= 0.3 is 24.1 Å². The number of alkyl halides is 3. The van der Waals surface area contributed by atoms with Gasteiger partial charge in [-0.05, 0) is 49.6 Å². The van der Waals surface area contributed by atoms with Crippen molar-refractivity contribution >= 4 is 35.4 Å². The number of halogens is 3. The first kappa shape index (κ1) is 31.6. The topological polar surface area (TPSA) is 192 Å². The summed E-state index contributed by atoms with van der Waals surface area (Å²) in [5.41, 5.74) is 7.37. The molecule has 1 unspecified atom stereocenters. The maximum Gasteiger partial charge on any atom is 0.490 e. The SMILES string of the molecule is CCOCCC(Cc1ccc(NC(=O)NC(=O)c2ccc(C(=N)N)cc2)cc1)C(=O)O.O=C(O)C(F)(F)F. The van der Waals surface area contributed by atoms with Gasteiger partial charge in [-0.2, -0.15) is 13.2 Å². The number of urea groups is 1. The van der Waals surface area contributed by atoms with E-state index in [0.717, 1.165) is 5.56 Å². The van der Waals surface area contributed by atoms with Crippen LogP contribution in [0.5, 0.6) is 0 Å². The summed E-state index contributed by atoms with van der Waals surface area (Å²) >= 11 is 0. The number of imide groups is 1. The van der Waals surface area contributed by atoms with Gasteiger partial charge in [0.25, 0.3) is 5.91 Å². The summed E-state index contributed by atoms with van der Waals surface area (Å²) in [7, 11) is 0. The highest BCUT2D eigenvalue weighted by Crippen LogP contribution is 2.16. The number of hydrogen-bond acceptors (Lipinski definition) is 6. The lowest BCUT2D eigenvalue weighted by Gasteiger charge is -2.13. The summed E-state index contributed by atoms with van der Waals surface area (Å²) in [5, 5.41) is 28.6. The maximum atomic E-state index is 12.2. The van der Waals surface area contributed by atoms with Crippen LogP contribution >= 0.6 is 0 Å². The standard InChI is InChI=1S/C22H26N4O5.C2HF3O2/c1-2-31-12-11-17(21(28)29)13-14-3-9-18(10-4-14)25-22(30)26-20(27)16-7-5-15(6-8-16)19(23)24;3-2(4,5)1(6)7/h3-10,17H,2,11-13H2,1H3,(H3,23,24)(H,28,29)(H2,25,26,27,30);(H,6,7). The molecule has 0 spiro atoms. The highest BCUT2D eigenvalue weighted by atomic mass is 19.4. The smallest absolute Gasteiger partial charge is 0.481 e. The van der Waals surface area contributed by atoms with Gasteiger partial charge < -0.3 is 26.0 Å². The normalized spacial score (nSPS) is 11.4. The second kappa shape index (κ2) is 14.9. The molecule has 11 nitrogen and oxygen atoms in total. The Balaban J connectivity index is 0.000000905. The van der Waals surface area contributed by atoms with E-state index in [1.54, 1.807) is 24.3 Å². The fraction of sp³-hybridized carbons (Fsp3) is 0.292. The molecule has 2 aromatic carbocycles. The molecule has 3 amide bonds. The number of hydrogen-bond donors (Lipinski definition) is 6. The third-order valence-corrected chi connectivity index (χ3v) is 4.79. The predicted octanol–water partition coefficient (Wildman–Crippen LogP) is 3.24. The van der Waals surface area contributed by atoms with Crippen LogP contribution in [0, 0.1) is 11.3 Å². The number of aliphatic carboxylic acids is 2. The largest absolute Gasteiger partial charge is 0.490 e. The molecule has 0 saturated carbocycles. The molecule has 14 heteroatoms. The van der Waals surface area contributed by atoms with E-state index in [9.17, 15) is 32.7 Å². The van der Waals surface area contributed by atoms with Crippen LogP contribution in [-0.4, -0.2) is 59.3 Å². The lowest BCUT2D eigenvalue weighted by Crippen LogP contribution is -2.34. The number of anilines is 1. The predicted molar refractivity (Wildman–Crippen MR) is 130 cm³/mol. The van der Waals surface area contributed by atoms with Crippen molar-refractivity contribution < 1.29 is 47.3 Å². The zero-order valence-electron chi connectivity index (χ0n) is 20.2. The van der Waals surface area contributed by atoms with Crippen molar-refractivity contribution in [2.24, 2.45) is 11.7 Å². The molecule has 2 aromatic rings. The first-order valence-corrected chi connectivity index (χ1v) is 11.0. The Hall–Kier alpha value is -4.46. The summed E-state index contributed by atoms with van der Waals surface area (Å²) in [6.07, 6.45) is -4.31. The van der Waals surface area contributed by atoms with Crippen LogP contribution in [0.1, 0.15) is 34.8 Å². The van der Waals surface area contributed by atoms with Crippen LogP contribution in [0.4, 0.5) is 23.7 Å². The third kappa shape index (κ3) is 11.5. The number of benzene rings is 2. The van der Waals surface area contributed by atoms with Gasteiger partial charge in [0, 0.05) is 30.0 Å². The Bertz CT molecular complexity index is 1120. The second-order valence-electron chi connectivity index (χ2n) is 7.62. The lowest BCUT2D eigenvalue weighted by molar-refractivity contribution is -0.192. The number of carboxylic acid groups (broad SMARTS) is 2. The molecule has 0 fully saturated rings. The second-order valence-corrected chi connectivity index (χ2v) is 7.62. The summed E-state index contributed by atoms with van der Waals surface area (Å²) in [5.74, 6) is -4.90. The monoisotopic (exact) mass is 540 g/mol. The zero-order valence-corrected chi connectivity index (χ0v) is 20.2. The first-order valence-electron chi connectivity index (χ1n) is 11.0. The number of carbonyl (C=O) groups excluding carboxylic acids is 2. The molecular formula is C24H27F3N4O7. The van der Waals surface area contributed by atoms with E-state index < -0.39 is 36.0 Å². The van der Waals surface area contributed by atoms with Crippen LogP contribution in [-0.2, 0) is 20.7 Å². The van der Waals surface area contributed by atoms with E-state index in [2.05, 4.69) is 10.6 Å². The lowest BCUT2D eigenvalue weighted by atomic mass is 9.96. The quantitative estimate of drug-likeness (QED) is 0.150. The van der Waals surface area contributed by atoms with E-state index in [1.165, 1.54) is 24.3 Å². The van der Waals surface area contributed by atoms with Gasteiger partial charge in [-0.1, -0.05) is 24.3 Å². The van der Waals surface area contributed by atoms with E-state index in [0.29, 0.717) is 37.3 Å². The van der Waals surface area contributed by atoms with Crippen LogP contribution in [0.2, 0.25) is 0 Å². The Morgan fingerprint density at radius 2 is 1.53 bits per heavy atom. The molecule has 0 aliphatic carbocycles. The molecule has 38 heavy (non-hydrogen) atoms. The fourth-order valence-electron chi connectivity index (χ4n) is 2.83. The van der Waals surface area contributed by atoms with Gasteiger partial charge in [0.15, 0.2) is 0 Å². The minimum absolute atomic E-state index is 0.114. The van der Waals surface area contributed by atoms with Crippen molar-refractivity contribution in [1.82, 2.24) is 5.32 Å². The van der Waals surface area contributed by atoms with Gasteiger partial charge in [0.1, 0.15) is 5.84 Å². The molecule has 0 aliphatic rings. The number of nitrogen functional groups attached to an aromatic ring is 1. The number of ether oxygens (including phenoxy) is 1. The van der Waals surface area contributed by atoms with Gasteiger partial charge in [-0.15, -0.1) is 0 Å². The van der Waals surface area contributed by atoms with Crippen molar-refractivity contribution in [3.63, 3.8) is 0 Å². The van der Waals surface area contributed by atoms with E-state index in [4.69, 9.17) is 25.8 Å². The number of carboxylic acids is 2. The summed E-state index contributed by atoms with van der Waals surface area (Å²) in [6, 6.07) is 12.0. The zero-order chi connectivity index (χ0) is 28.9. The van der Waals surface area contributed by atoms with Crippen molar-refractivity contribution in [2.75, 3.05) is 18.5 Å². The maximum absolute atomic E-state index is 12.2. The van der Waals surface area contributed by atoms with Crippen LogP contribution in [0.25, 0.3) is 0 Å². The van der Waals surface area contributed by atoms with Crippen LogP contribution in [0.3, 0.4) is 0 Å². The molecular weight excluding hydrogens is 513 g/mol. The summed E-state index contributed by atoms with van der Waals surface area (Å²) in [4.78, 5) is 44.5. The highest BCUT2D eigenvalue weighted by Gasteiger charge is 2.38. The van der Waals surface area contributed by atoms with E-state index in [1.807, 2.05) is 6.92 Å². The number of rotatable bonds is 10.